The van der Waals surface area contributed by atoms with E-state index >= 15 is 0 Å². The number of rotatable bonds is 5. The van der Waals surface area contributed by atoms with Gasteiger partial charge >= 0.3 is 0 Å². The number of hydrazone groups is 1. The van der Waals surface area contributed by atoms with E-state index in [1.54, 1.807) is 34.3 Å². The van der Waals surface area contributed by atoms with Crippen molar-refractivity contribution in [3.05, 3.63) is 77.6 Å². The molecule has 2 aliphatic rings. The van der Waals surface area contributed by atoms with Crippen LogP contribution in [-0.2, 0) is 16.1 Å². The summed E-state index contributed by atoms with van der Waals surface area (Å²) in [4.78, 5) is 28.2. The molecule has 0 fully saturated rings. The zero-order chi connectivity index (χ0) is 20.2. The molecule has 0 spiro atoms. The Morgan fingerprint density at radius 2 is 1.90 bits per heavy atom. The second-order valence-electron chi connectivity index (χ2n) is 6.37. The molecule has 1 atom stereocenters. The molecule has 0 aromatic heterocycles. The van der Waals surface area contributed by atoms with Crippen molar-refractivity contribution < 1.29 is 9.59 Å². The van der Waals surface area contributed by atoms with Gasteiger partial charge in [0.25, 0.3) is 5.91 Å². The van der Waals surface area contributed by atoms with Gasteiger partial charge in [0.2, 0.25) is 12.1 Å². The van der Waals surface area contributed by atoms with Gasteiger partial charge in [0, 0.05) is 29.7 Å². The molecule has 0 saturated carbocycles. The fourth-order valence-corrected chi connectivity index (χ4v) is 3.83. The number of nitrogens with one attached hydrogen (secondary N) is 2. The smallest absolute Gasteiger partial charge is 0.276 e. The van der Waals surface area contributed by atoms with Crippen LogP contribution >= 0.6 is 23.4 Å². The van der Waals surface area contributed by atoms with Crippen LogP contribution < -0.4 is 15.6 Å². The molecule has 9 heteroatoms. The van der Waals surface area contributed by atoms with Gasteiger partial charge < -0.3 is 5.32 Å². The largest absolute Gasteiger partial charge is 0.351 e. The molecule has 0 radical (unpaired) electrons. The summed E-state index contributed by atoms with van der Waals surface area (Å²) in [5, 5.41) is 8.32. The van der Waals surface area contributed by atoms with Gasteiger partial charge in [0.15, 0.2) is 5.17 Å². The van der Waals surface area contributed by atoms with E-state index in [4.69, 9.17) is 11.6 Å². The van der Waals surface area contributed by atoms with Crippen molar-refractivity contribution in [2.75, 3.05) is 10.7 Å². The number of carbonyl (C=O) groups is 2. The summed E-state index contributed by atoms with van der Waals surface area (Å²) in [5.74, 6) is -0.0542. The standard InChI is InChI=1S/C20H18ClN5O2S/c21-15-8-6-14(7-9-15)12-22-17(27)13-29-20-24-23-18-19(28)25(10-11-26(18)20)16-4-2-1-3-5-16/h1-11,18,23H,12-13H2,(H,22,27). The first kappa shape index (κ1) is 19.4. The van der Waals surface area contributed by atoms with Crippen molar-refractivity contribution in [3.8, 4) is 0 Å². The first-order valence-electron chi connectivity index (χ1n) is 8.94. The highest BCUT2D eigenvalue weighted by Crippen LogP contribution is 2.25. The van der Waals surface area contributed by atoms with Crippen LogP contribution in [0.25, 0.3) is 0 Å². The molecule has 1 unspecified atom stereocenters. The molecule has 7 nitrogen and oxygen atoms in total. The average molecular weight is 428 g/mol. The zero-order valence-electron chi connectivity index (χ0n) is 15.3. The number of halogens is 1. The summed E-state index contributed by atoms with van der Waals surface area (Å²) in [7, 11) is 0. The maximum absolute atomic E-state index is 12.8. The lowest BCUT2D eigenvalue weighted by molar-refractivity contribution is -0.122. The van der Waals surface area contributed by atoms with E-state index in [0.29, 0.717) is 16.7 Å². The monoisotopic (exact) mass is 427 g/mol. The van der Waals surface area contributed by atoms with E-state index in [0.717, 1.165) is 11.3 Å². The fourth-order valence-electron chi connectivity index (χ4n) is 2.91. The van der Waals surface area contributed by atoms with Gasteiger partial charge in [-0.25, -0.2) is 0 Å². The fraction of sp³-hybridized carbons (Fsp3) is 0.150. The summed E-state index contributed by atoms with van der Waals surface area (Å²) in [6, 6.07) is 16.7. The highest BCUT2D eigenvalue weighted by atomic mass is 35.5. The molecule has 2 N–H and O–H groups in total. The summed E-state index contributed by atoms with van der Waals surface area (Å²) < 4.78 is 0. The number of carbonyl (C=O) groups excluding carboxylic acids is 2. The van der Waals surface area contributed by atoms with Crippen molar-refractivity contribution in [2.45, 2.75) is 12.7 Å². The van der Waals surface area contributed by atoms with E-state index in [-0.39, 0.29) is 17.6 Å². The van der Waals surface area contributed by atoms with Crippen molar-refractivity contribution in [2.24, 2.45) is 5.10 Å². The van der Waals surface area contributed by atoms with E-state index in [1.807, 2.05) is 42.5 Å². The SMILES string of the molecule is O=C(CSC1=NNC2C(=O)N(c3ccccc3)C=CN12)NCc1ccc(Cl)cc1. The summed E-state index contributed by atoms with van der Waals surface area (Å²) in [6.45, 7) is 0.429. The molecule has 2 aromatic carbocycles. The highest BCUT2D eigenvalue weighted by molar-refractivity contribution is 8.14. The Kier molecular flexibility index (Phi) is 5.73. The predicted octanol–water partition coefficient (Wildman–Crippen LogP) is 2.71. The van der Waals surface area contributed by atoms with Gasteiger partial charge in [0.05, 0.1) is 5.75 Å². The quantitative estimate of drug-likeness (QED) is 0.767. The van der Waals surface area contributed by atoms with Crippen LogP contribution in [0.1, 0.15) is 5.56 Å². The average Bonchev–Trinajstić information content (AvgIpc) is 3.17. The normalized spacial score (nSPS) is 17.6. The third-order valence-corrected chi connectivity index (χ3v) is 5.62. The van der Waals surface area contributed by atoms with Crippen LogP contribution in [-0.4, -0.2) is 33.8 Å². The van der Waals surface area contributed by atoms with E-state index in [9.17, 15) is 9.59 Å². The Morgan fingerprint density at radius 3 is 2.66 bits per heavy atom. The van der Waals surface area contributed by atoms with Crippen LogP contribution in [0.5, 0.6) is 0 Å². The molecular weight excluding hydrogens is 410 g/mol. The Balaban J connectivity index is 1.31. The molecule has 2 aromatic rings. The lowest BCUT2D eigenvalue weighted by Gasteiger charge is -2.31. The van der Waals surface area contributed by atoms with Gasteiger partial charge in [-0.15, -0.1) is 0 Å². The van der Waals surface area contributed by atoms with Crippen LogP contribution in [0, 0.1) is 0 Å². The number of benzene rings is 2. The lowest BCUT2D eigenvalue weighted by atomic mass is 10.2. The summed E-state index contributed by atoms with van der Waals surface area (Å²) in [5.41, 5.74) is 4.61. The maximum atomic E-state index is 12.8. The van der Waals surface area contributed by atoms with Crippen molar-refractivity contribution in [1.82, 2.24) is 15.6 Å². The lowest BCUT2D eigenvalue weighted by Crippen LogP contribution is -2.52. The van der Waals surface area contributed by atoms with Crippen LogP contribution in [0.4, 0.5) is 5.69 Å². The second kappa shape index (κ2) is 8.59. The minimum Gasteiger partial charge on any atom is -0.351 e. The van der Waals surface area contributed by atoms with Gasteiger partial charge in [-0.05, 0) is 29.8 Å². The number of amidine groups is 1. The van der Waals surface area contributed by atoms with Gasteiger partial charge in [-0.2, -0.15) is 5.10 Å². The number of para-hydroxylation sites is 1. The van der Waals surface area contributed by atoms with E-state index in [2.05, 4.69) is 15.8 Å². The predicted molar refractivity (Wildman–Crippen MR) is 115 cm³/mol. The first-order valence-corrected chi connectivity index (χ1v) is 10.3. The number of hydrogen-bond donors (Lipinski definition) is 2. The molecule has 2 amide bonds. The Labute approximate surface area is 177 Å². The van der Waals surface area contributed by atoms with Crippen LogP contribution in [0.3, 0.4) is 0 Å². The third-order valence-electron chi connectivity index (χ3n) is 4.40. The zero-order valence-corrected chi connectivity index (χ0v) is 16.9. The number of amides is 2. The molecule has 29 heavy (non-hydrogen) atoms. The third kappa shape index (κ3) is 4.38. The molecule has 148 valence electrons. The summed E-state index contributed by atoms with van der Waals surface area (Å²) >= 11 is 7.13. The Morgan fingerprint density at radius 1 is 1.14 bits per heavy atom. The topological polar surface area (TPSA) is 77.0 Å². The molecule has 4 rings (SSSR count). The van der Waals surface area contributed by atoms with Gasteiger partial charge in [-0.1, -0.05) is 53.7 Å². The Hall–Kier alpha value is -2.97. The molecule has 0 saturated heterocycles. The van der Waals surface area contributed by atoms with E-state index in [1.165, 1.54) is 11.8 Å². The number of thioether (sulfide) groups is 1. The molecular formula is C20H18ClN5O2S. The first-order chi connectivity index (χ1) is 14.1. The van der Waals surface area contributed by atoms with Crippen LogP contribution in [0.15, 0.2) is 72.1 Å². The number of nitrogens with zero attached hydrogens (tertiary/aromatic N) is 3. The highest BCUT2D eigenvalue weighted by Gasteiger charge is 2.38. The van der Waals surface area contributed by atoms with Gasteiger partial charge in [0.1, 0.15) is 0 Å². The molecule has 0 aliphatic carbocycles. The minimum atomic E-state index is -0.611. The number of fused-ring (bicyclic) bond motifs is 1. The number of hydrogen-bond acceptors (Lipinski definition) is 6. The van der Waals surface area contributed by atoms with Crippen molar-refractivity contribution in [1.29, 1.82) is 0 Å². The number of anilines is 1. The summed E-state index contributed by atoms with van der Waals surface area (Å²) in [6.07, 6.45) is 2.88. The second-order valence-corrected chi connectivity index (χ2v) is 7.75. The maximum Gasteiger partial charge on any atom is 0.276 e. The minimum absolute atomic E-state index is 0.116. The van der Waals surface area contributed by atoms with Crippen molar-refractivity contribution in [3.63, 3.8) is 0 Å². The molecule has 0 bridgehead atoms. The molecule has 2 heterocycles. The Bertz CT molecular complexity index is 965. The van der Waals surface area contributed by atoms with E-state index < -0.39 is 6.17 Å². The van der Waals surface area contributed by atoms with Crippen LogP contribution in [0.2, 0.25) is 5.02 Å². The van der Waals surface area contributed by atoms with Gasteiger partial charge in [-0.3, -0.25) is 24.8 Å². The molecule has 2 aliphatic heterocycles. The van der Waals surface area contributed by atoms with Crippen molar-refractivity contribution >= 4 is 46.0 Å².